The number of piperazine rings is 1. The van der Waals surface area contributed by atoms with Gasteiger partial charge in [-0.05, 0) is 49.8 Å². The summed E-state index contributed by atoms with van der Waals surface area (Å²) >= 11 is 1.80. The minimum atomic E-state index is 0.258. The summed E-state index contributed by atoms with van der Waals surface area (Å²) in [6, 6.07) is 17.1. The Kier molecular flexibility index (Phi) is 7.38. The lowest BCUT2D eigenvalue weighted by molar-refractivity contribution is 0.0853. The van der Waals surface area contributed by atoms with E-state index in [0.29, 0.717) is 6.54 Å². The molecular formula is C26H33N3OS. The molecule has 1 aromatic carbocycles. The largest absolute Gasteiger partial charge is 0.348 e. The first-order valence-corrected chi connectivity index (χ1v) is 12.2. The number of benzene rings is 1. The van der Waals surface area contributed by atoms with Crippen LogP contribution in [0.1, 0.15) is 32.2 Å². The Hall–Kier alpha value is -2.21. The zero-order chi connectivity index (χ0) is 21.6. The molecule has 3 aromatic rings. The van der Waals surface area contributed by atoms with Crippen LogP contribution in [0.2, 0.25) is 0 Å². The third-order valence-corrected chi connectivity index (χ3v) is 7.36. The van der Waals surface area contributed by atoms with Crippen molar-refractivity contribution in [1.29, 1.82) is 0 Å². The minimum Gasteiger partial charge on any atom is -0.348 e. The van der Waals surface area contributed by atoms with Crippen LogP contribution < -0.4 is 0 Å². The fourth-order valence-electron chi connectivity index (χ4n) is 4.50. The number of thiophene rings is 1. The van der Waals surface area contributed by atoms with Gasteiger partial charge in [0.2, 0.25) is 0 Å². The normalized spacial score (nSPS) is 15.4. The SMILES string of the molecule is Cc1cc(C(=O)CN2CCN(CCc3ccccc3)CC2)c(C)n1CCc1cccs1. The zero-order valence-corrected chi connectivity index (χ0v) is 19.5. The van der Waals surface area contributed by atoms with Crippen LogP contribution in [-0.4, -0.2) is 59.4 Å². The van der Waals surface area contributed by atoms with Gasteiger partial charge in [0.1, 0.15) is 0 Å². The van der Waals surface area contributed by atoms with Crippen LogP contribution in [0, 0.1) is 13.8 Å². The highest BCUT2D eigenvalue weighted by Crippen LogP contribution is 2.19. The average molecular weight is 436 g/mol. The molecule has 0 bridgehead atoms. The van der Waals surface area contributed by atoms with Crippen LogP contribution in [0.3, 0.4) is 0 Å². The van der Waals surface area contributed by atoms with E-state index in [1.54, 1.807) is 11.3 Å². The molecule has 0 amide bonds. The minimum absolute atomic E-state index is 0.258. The number of hydrogen-bond acceptors (Lipinski definition) is 4. The number of nitrogens with zero attached hydrogens (tertiary/aromatic N) is 3. The Morgan fingerprint density at radius 3 is 2.35 bits per heavy atom. The van der Waals surface area contributed by atoms with E-state index in [1.165, 1.54) is 16.1 Å². The first kappa shape index (κ1) is 22.0. The summed E-state index contributed by atoms with van der Waals surface area (Å²) in [5.74, 6) is 0.258. The maximum absolute atomic E-state index is 13.1. The Morgan fingerprint density at radius 2 is 1.65 bits per heavy atom. The number of carbonyl (C=O) groups excluding carboxylic acids is 1. The maximum Gasteiger partial charge on any atom is 0.178 e. The molecule has 1 aliphatic heterocycles. The molecule has 0 N–H and O–H groups in total. The highest BCUT2D eigenvalue weighted by atomic mass is 32.1. The average Bonchev–Trinajstić information content (AvgIpc) is 3.40. The van der Waals surface area contributed by atoms with Crippen molar-refractivity contribution in [3.8, 4) is 0 Å². The maximum atomic E-state index is 13.1. The van der Waals surface area contributed by atoms with Gasteiger partial charge in [0.05, 0.1) is 6.54 Å². The quantitative estimate of drug-likeness (QED) is 0.465. The van der Waals surface area contributed by atoms with E-state index in [9.17, 15) is 4.79 Å². The lowest BCUT2D eigenvalue weighted by Crippen LogP contribution is -2.48. The smallest absolute Gasteiger partial charge is 0.178 e. The molecule has 1 saturated heterocycles. The van der Waals surface area contributed by atoms with E-state index in [2.05, 4.69) is 82.1 Å². The van der Waals surface area contributed by atoms with Gasteiger partial charge in [-0.15, -0.1) is 11.3 Å². The molecule has 0 spiro atoms. The molecule has 31 heavy (non-hydrogen) atoms. The first-order valence-electron chi connectivity index (χ1n) is 11.3. The Bertz CT molecular complexity index is 970. The Morgan fingerprint density at radius 1 is 0.903 bits per heavy atom. The fraction of sp³-hybridized carbons (Fsp3) is 0.423. The van der Waals surface area contributed by atoms with Gasteiger partial charge in [0.25, 0.3) is 0 Å². The summed E-state index contributed by atoms with van der Waals surface area (Å²) in [5, 5.41) is 2.13. The number of rotatable bonds is 9. The summed E-state index contributed by atoms with van der Waals surface area (Å²) in [7, 11) is 0. The molecule has 0 atom stereocenters. The molecule has 1 aliphatic rings. The number of ketones is 1. The van der Waals surface area contributed by atoms with E-state index in [-0.39, 0.29) is 5.78 Å². The van der Waals surface area contributed by atoms with Crippen molar-refractivity contribution >= 4 is 17.1 Å². The van der Waals surface area contributed by atoms with Gasteiger partial charge in [0, 0.05) is 61.1 Å². The molecular weight excluding hydrogens is 402 g/mol. The van der Waals surface area contributed by atoms with Crippen LogP contribution in [0.4, 0.5) is 0 Å². The second kappa shape index (κ2) is 10.4. The van der Waals surface area contributed by atoms with Crippen molar-refractivity contribution in [3.05, 3.63) is 81.3 Å². The van der Waals surface area contributed by atoms with Crippen molar-refractivity contribution in [3.63, 3.8) is 0 Å². The predicted molar refractivity (Wildman–Crippen MR) is 129 cm³/mol. The highest BCUT2D eigenvalue weighted by Gasteiger charge is 2.22. The second-order valence-electron chi connectivity index (χ2n) is 8.54. The number of aromatic nitrogens is 1. The van der Waals surface area contributed by atoms with Gasteiger partial charge in [-0.25, -0.2) is 0 Å². The van der Waals surface area contributed by atoms with E-state index in [4.69, 9.17) is 0 Å². The van der Waals surface area contributed by atoms with E-state index in [1.807, 2.05) is 0 Å². The zero-order valence-electron chi connectivity index (χ0n) is 18.7. The lowest BCUT2D eigenvalue weighted by atomic mass is 10.1. The summed E-state index contributed by atoms with van der Waals surface area (Å²) in [6.07, 6.45) is 2.11. The molecule has 5 heteroatoms. The standard InChI is InChI=1S/C26H33N3OS/c1-21-19-25(22(2)29(21)13-11-24-9-6-18-31-24)26(30)20-28-16-14-27(15-17-28)12-10-23-7-4-3-5-8-23/h3-9,18-19H,10-17,20H2,1-2H3. The fourth-order valence-corrected chi connectivity index (χ4v) is 5.19. The van der Waals surface area contributed by atoms with Gasteiger partial charge in [0.15, 0.2) is 5.78 Å². The van der Waals surface area contributed by atoms with Gasteiger partial charge < -0.3 is 9.47 Å². The second-order valence-corrected chi connectivity index (χ2v) is 9.57. The van der Waals surface area contributed by atoms with Crippen molar-refractivity contribution in [1.82, 2.24) is 14.4 Å². The molecule has 0 radical (unpaired) electrons. The number of aryl methyl sites for hydroxylation is 2. The first-order chi connectivity index (χ1) is 15.1. The summed E-state index contributed by atoms with van der Waals surface area (Å²) in [5.41, 5.74) is 4.59. The molecule has 0 aliphatic carbocycles. The lowest BCUT2D eigenvalue weighted by Gasteiger charge is -2.34. The third-order valence-electron chi connectivity index (χ3n) is 6.43. The monoisotopic (exact) mass is 435 g/mol. The predicted octanol–water partition coefficient (Wildman–Crippen LogP) is 4.45. The van der Waals surface area contributed by atoms with Crippen LogP contribution in [0.15, 0.2) is 53.9 Å². The van der Waals surface area contributed by atoms with Gasteiger partial charge >= 0.3 is 0 Å². The topological polar surface area (TPSA) is 28.5 Å². The molecule has 1 fully saturated rings. The number of Topliss-reactive ketones (excluding diaryl/α,β-unsaturated/α-hetero) is 1. The van der Waals surface area contributed by atoms with Crippen molar-refractivity contribution in [2.45, 2.75) is 33.2 Å². The number of carbonyl (C=O) groups is 1. The molecule has 164 valence electrons. The van der Waals surface area contributed by atoms with Gasteiger partial charge in [-0.2, -0.15) is 0 Å². The molecule has 4 nitrogen and oxygen atoms in total. The molecule has 3 heterocycles. The van der Waals surface area contributed by atoms with E-state index < -0.39 is 0 Å². The molecule has 0 unspecified atom stereocenters. The van der Waals surface area contributed by atoms with Crippen LogP contribution in [0.5, 0.6) is 0 Å². The van der Waals surface area contributed by atoms with Crippen molar-refractivity contribution in [2.24, 2.45) is 0 Å². The molecule has 0 saturated carbocycles. The van der Waals surface area contributed by atoms with Crippen molar-refractivity contribution < 1.29 is 4.79 Å². The summed E-state index contributed by atoms with van der Waals surface area (Å²) in [6.45, 7) is 10.8. The van der Waals surface area contributed by atoms with Gasteiger partial charge in [-0.1, -0.05) is 36.4 Å². The van der Waals surface area contributed by atoms with Crippen LogP contribution in [0.25, 0.3) is 0 Å². The van der Waals surface area contributed by atoms with Gasteiger partial charge in [-0.3, -0.25) is 9.69 Å². The van der Waals surface area contributed by atoms with Crippen LogP contribution in [-0.2, 0) is 19.4 Å². The molecule has 4 rings (SSSR count). The third kappa shape index (κ3) is 5.73. The summed E-state index contributed by atoms with van der Waals surface area (Å²) < 4.78 is 2.30. The van der Waals surface area contributed by atoms with E-state index >= 15 is 0 Å². The highest BCUT2D eigenvalue weighted by molar-refractivity contribution is 7.09. The van der Waals surface area contributed by atoms with Crippen molar-refractivity contribution in [2.75, 3.05) is 39.3 Å². The number of hydrogen-bond donors (Lipinski definition) is 0. The summed E-state index contributed by atoms with van der Waals surface area (Å²) in [4.78, 5) is 19.3. The Labute approximate surface area is 190 Å². The Balaban J connectivity index is 1.26. The van der Waals surface area contributed by atoms with Crippen LogP contribution >= 0.6 is 11.3 Å². The van der Waals surface area contributed by atoms with E-state index in [0.717, 1.165) is 63.4 Å². The molecule has 2 aromatic heterocycles.